The number of likely N-dealkylation sites (tertiary alicyclic amines) is 1. The van der Waals surface area contributed by atoms with E-state index in [0.29, 0.717) is 29.0 Å². The molecule has 2 aromatic carbocycles. The number of amides is 2. The van der Waals surface area contributed by atoms with Crippen LogP contribution in [0.2, 0.25) is 0 Å². The first-order valence-corrected chi connectivity index (χ1v) is 8.64. The fraction of sp³-hybridized carbons (Fsp3) is 0.250. The first-order chi connectivity index (χ1) is 13.1. The van der Waals surface area contributed by atoms with Crippen LogP contribution in [0.4, 0.5) is 5.69 Å². The summed E-state index contributed by atoms with van der Waals surface area (Å²) in [6.45, 7) is 0. The second-order valence-corrected chi connectivity index (χ2v) is 6.42. The van der Waals surface area contributed by atoms with Gasteiger partial charge in [-0.15, -0.1) is 0 Å². The first kappa shape index (κ1) is 17.1. The fourth-order valence-corrected chi connectivity index (χ4v) is 3.51. The van der Waals surface area contributed by atoms with Gasteiger partial charge in [-0.2, -0.15) is 0 Å². The van der Waals surface area contributed by atoms with Crippen LogP contribution in [0.25, 0.3) is 0 Å². The van der Waals surface area contributed by atoms with Crippen molar-refractivity contribution in [1.29, 1.82) is 0 Å². The number of fused-ring (bicyclic) bond motifs is 1. The van der Waals surface area contributed by atoms with Crippen LogP contribution in [0.1, 0.15) is 35.0 Å². The van der Waals surface area contributed by atoms with Crippen LogP contribution >= 0.6 is 0 Å². The number of cyclic esters (lactones) is 1. The summed E-state index contributed by atoms with van der Waals surface area (Å²) in [6.07, 6.45) is -0.276. The highest BCUT2D eigenvalue weighted by atomic mass is 16.6. The second-order valence-electron chi connectivity index (χ2n) is 6.42. The number of hydrogen-bond donors (Lipinski definition) is 1. The second kappa shape index (κ2) is 6.75. The molecule has 2 aromatic rings. The molecule has 138 valence electrons. The van der Waals surface area contributed by atoms with Gasteiger partial charge in [-0.3, -0.25) is 14.5 Å². The zero-order chi connectivity index (χ0) is 19.0. The highest BCUT2D eigenvalue weighted by Gasteiger charge is 2.46. The average molecular weight is 366 g/mol. The topological polar surface area (TPSA) is 84.9 Å². The van der Waals surface area contributed by atoms with Crippen LogP contribution in [0.3, 0.4) is 0 Å². The van der Waals surface area contributed by atoms with Crippen molar-refractivity contribution in [2.45, 2.75) is 25.1 Å². The molecule has 2 aliphatic rings. The molecule has 7 nitrogen and oxygen atoms in total. The molecule has 4 rings (SSSR count). The predicted octanol–water partition coefficient (Wildman–Crippen LogP) is 2.49. The number of nitrogens with zero attached hydrogens (tertiary/aromatic N) is 1. The number of benzene rings is 2. The monoisotopic (exact) mass is 366 g/mol. The van der Waals surface area contributed by atoms with E-state index in [1.165, 1.54) is 4.90 Å². The van der Waals surface area contributed by atoms with Gasteiger partial charge in [0.05, 0.1) is 12.7 Å². The van der Waals surface area contributed by atoms with Crippen molar-refractivity contribution in [3.8, 4) is 5.75 Å². The molecule has 2 amide bonds. The Bertz CT molecular complexity index is 926. The van der Waals surface area contributed by atoms with Crippen molar-refractivity contribution in [3.63, 3.8) is 0 Å². The largest absolute Gasteiger partial charge is 0.497 e. The Morgan fingerprint density at radius 3 is 2.81 bits per heavy atom. The maximum absolute atomic E-state index is 12.8. The van der Waals surface area contributed by atoms with E-state index in [4.69, 9.17) is 9.47 Å². The minimum atomic E-state index is -0.871. The van der Waals surface area contributed by atoms with E-state index in [2.05, 4.69) is 5.32 Å². The van der Waals surface area contributed by atoms with E-state index in [1.807, 2.05) is 0 Å². The Hall–Kier alpha value is -3.35. The Balaban J connectivity index is 1.58. The molecule has 2 aliphatic heterocycles. The quantitative estimate of drug-likeness (QED) is 0.841. The number of carbonyl (C=O) groups excluding carboxylic acids is 3. The zero-order valence-corrected chi connectivity index (χ0v) is 14.7. The normalized spacial score (nSPS) is 21.0. The van der Waals surface area contributed by atoms with Crippen molar-refractivity contribution in [1.82, 2.24) is 4.90 Å². The smallest absolute Gasteiger partial charge is 0.340 e. The number of esters is 1. The summed E-state index contributed by atoms with van der Waals surface area (Å²) in [5.41, 5.74) is 1.61. The van der Waals surface area contributed by atoms with Gasteiger partial charge < -0.3 is 14.8 Å². The highest BCUT2D eigenvalue weighted by molar-refractivity contribution is 6.00. The number of rotatable bonds is 4. The molecule has 2 atom stereocenters. The molecule has 1 saturated heterocycles. The van der Waals surface area contributed by atoms with Gasteiger partial charge >= 0.3 is 5.97 Å². The van der Waals surface area contributed by atoms with Crippen LogP contribution in [0.15, 0.2) is 48.5 Å². The van der Waals surface area contributed by atoms with Crippen LogP contribution in [0, 0.1) is 0 Å². The third-order valence-corrected chi connectivity index (χ3v) is 4.81. The molecule has 1 fully saturated rings. The molecule has 2 heterocycles. The van der Waals surface area contributed by atoms with E-state index in [9.17, 15) is 14.4 Å². The van der Waals surface area contributed by atoms with Gasteiger partial charge in [0.25, 0.3) is 0 Å². The lowest BCUT2D eigenvalue weighted by atomic mass is 10.1. The van der Waals surface area contributed by atoms with Gasteiger partial charge in [0.2, 0.25) is 18.0 Å². The van der Waals surface area contributed by atoms with Crippen molar-refractivity contribution >= 4 is 23.5 Å². The van der Waals surface area contributed by atoms with Crippen molar-refractivity contribution in [2.24, 2.45) is 0 Å². The van der Waals surface area contributed by atoms with Crippen LogP contribution < -0.4 is 10.1 Å². The van der Waals surface area contributed by atoms with E-state index in [-0.39, 0.29) is 18.2 Å². The SMILES string of the molecule is COc1cccc(NC(=O)[C@H]2CCC(=O)N2[C@@H]2OC(=O)c3ccccc32)c1. The van der Waals surface area contributed by atoms with Crippen molar-refractivity contribution < 1.29 is 23.9 Å². The predicted molar refractivity (Wildman–Crippen MR) is 96.1 cm³/mol. The van der Waals surface area contributed by atoms with Gasteiger partial charge in [-0.1, -0.05) is 24.3 Å². The number of carbonyl (C=O) groups is 3. The number of methoxy groups -OCH3 is 1. The summed E-state index contributed by atoms with van der Waals surface area (Å²) < 4.78 is 10.6. The molecule has 0 unspecified atom stereocenters. The van der Waals surface area contributed by atoms with E-state index in [1.54, 1.807) is 55.6 Å². The summed E-state index contributed by atoms with van der Waals surface area (Å²) >= 11 is 0. The average Bonchev–Trinajstić information content (AvgIpc) is 3.22. The molecule has 0 spiro atoms. The molecule has 0 aromatic heterocycles. The van der Waals surface area contributed by atoms with Crippen LogP contribution in [-0.4, -0.2) is 35.8 Å². The van der Waals surface area contributed by atoms with E-state index < -0.39 is 18.2 Å². The lowest BCUT2D eigenvalue weighted by molar-refractivity contribution is -0.144. The standard InChI is InChI=1S/C20H18N2O5/c1-26-13-6-4-5-12(11-13)21-18(24)16-9-10-17(23)22(16)19-14-7-2-3-8-15(14)20(25)27-19/h2-8,11,16,19H,9-10H2,1H3,(H,21,24)/t16-,19-/m1/s1. The molecule has 7 heteroatoms. The van der Waals surface area contributed by atoms with Gasteiger partial charge in [0.15, 0.2) is 0 Å². The number of ether oxygens (including phenoxy) is 2. The molecular weight excluding hydrogens is 348 g/mol. The van der Waals surface area contributed by atoms with Crippen LogP contribution in [0.5, 0.6) is 5.75 Å². The molecular formula is C20H18N2O5. The Kier molecular flexibility index (Phi) is 4.27. The van der Waals surface area contributed by atoms with Crippen molar-refractivity contribution in [2.75, 3.05) is 12.4 Å². The van der Waals surface area contributed by atoms with Gasteiger partial charge in [0.1, 0.15) is 11.8 Å². The Morgan fingerprint density at radius 1 is 1.19 bits per heavy atom. The first-order valence-electron chi connectivity index (χ1n) is 8.64. The fourth-order valence-electron chi connectivity index (χ4n) is 3.51. The molecule has 27 heavy (non-hydrogen) atoms. The Labute approximate surface area is 155 Å². The summed E-state index contributed by atoms with van der Waals surface area (Å²) in [5, 5.41) is 2.81. The molecule has 0 saturated carbocycles. The van der Waals surface area contributed by atoms with E-state index >= 15 is 0 Å². The summed E-state index contributed by atoms with van der Waals surface area (Å²) in [6, 6.07) is 13.2. The summed E-state index contributed by atoms with van der Waals surface area (Å²) in [4.78, 5) is 38.8. The van der Waals surface area contributed by atoms with Crippen molar-refractivity contribution in [3.05, 3.63) is 59.7 Å². The van der Waals surface area contributed by atoms with Gasteiger partial charge in [-0.25, -0.2) is 4.79 Å². The zero-order valence-electron chi connectivity index (χ0n) is 14.7. The lowest BCUT2D eigenvalue weighted by Crippen LogP contribution is -2.43. The molecule has 0 bridgehead atoms. The third kappa shape index (κ3) is 3.01. The maximum Gasteiger partial charge on any atom is 0.340 e. The van der Waals surface area contributed by atoms with Gasteiger partial charge in [-0.05, 0) is 24.6 Å². The summed E-state index contributed by atoms with van der Waals surface area (Å²) in [7, 11) is 1.55. The molecule has 1 N–H and O–H groups in total. The third-order valence-electron chi connectivity index (χ3n) is 4.81. The highest BCUT2D eigenvalue weighted by Crippen LogP contribution is 2.38. The lowest BCUT2D eigenvalue weighted by Gasteiger charge is -2.29. The Morgan fingerprint density at radius 2 is 2.00 bits per heavy atom. The number of hydrogen-bond acceptors (Lipinski definition) is 5. The molecule has 0 radical (unpaired) electrons. The number of nitrogens with one attached hydrogen (secondary N) is 1. The van der Waals surface area contributed by atoms with Crippen LogP contribution in [-0.2, 0) is 14.3 Å². The maximum atomic E-state index is 12.8. The number of anilines is 1. The summed E-state index contributed by atoms with van der Waals surface area (Å²) in [5.74, 6) is -0.405. The molecule has 0 aliphatic carbocycles. The minimum Gasteiger partial charge on any atom is -0.497 e. The van der Waals surface area contributed by atoms with Gasteiger partial charge in [0, 0.05) is 23.7 Å². The van der Waals surface area contributed by atoms with E-state index in [0.717, 1.165) is 0 Å². The minimum absolute atomic E-state index is 0.213.